The van der Waals surface area contributed by atoms with Gasteiger partial charge in [-0.15, -0.1) is 0 Å². The molecule has 9 heteroatoms. The first kappa shape index (κ1) is 20.9. The molecular formula is C16H23NO8. The average molecular weight is 357 g/mol. The SMILES string of the molecule is CO[C@H]1O[C@H](COC(C)=O)[C@H](OC(C)=O)[C@H](OC(C)=O)[C@H]1CCC#N. The van der Waals surface area contributed by atoms with Crippen LogP contribution in [0.25, 0.3) is 0 Å². The Labute approximate surface area is 146 Å². The number of hydrogen-bond acceptors (Lipinski definition) is 9. The van der Waals surface area contributed by atoms with Crippen LogP contribution in [0.15, 0.2) is 0 Å². The van der Waals surface area contributed by atoms with Crippen LogP contribution in [0.3, 0.4) is 0 Å². The highest BCUT2D eigenvalue weighted by molar-refractivity contribution is 5.67. The Morgan fingerprint density at radius 2 is 1.64 bits per heavy atom. The maximum atomic E-state index is 11.5. The Balaban J connectivity index is 3.14. The van der Waals surface area contributed by atoms with Gasteiger partial charge in [0.15, 0.2) is 12.4 Å². The Morgan fingerprint density at radius 1 is 1.04 bits per heavy atom. The largest absolute Gasteiger partial charge is 0.463 e. The molecule has 140 valence electrons. The highest BCUT2D eigenvalue weighted by atomic mass is 16.7. The minimum Gasteiger partial charge on any atom is -0.463 e. The second-order valence-corrected chi connectivity index (χ2v) is 5.59. The van der Waals surface area contributed by atoms with Crippen molar-refractivity contribution in [2.24, 2.45) is 5.92 Å². The van der Waals surface area contributed by atoms with Crippen LogP contribution < -0.4 is 0 Å². The van der Waals surface area contributed by atoms with Gasteiger partial charge in [-0.25, -0.2) is 0 Å². The lowest BCUT2D eigenvalue weighted by Crippen LogP contribution is -2.59. The fraction of sp³-hybridized carbons (Fsp3) is 0.750. The minimum absolute atomic E-state index is 0.174. The van der Waals surface area contributed by atoms with Crippen LogP contribution in [0.5, 0.6) is 0 Å². The molecule has 0 aromatic heterocycles. The predicted octanol–water partition coefficient (Wildman–Crippen LogP) is 0.704. The van der Waals surface area contributed by atoms with Crippen LogP contribution in [-0.2, 0) is 38.1 Å². The van der Waals surface area contributed by atoms with E-state index in [-0.39, 0.29) is 13.0 Å². The summed E-state index contributed by atoms with van der Waals surface area (Å²) >= 11 is 0. The second kappa shape index (κ2) is 9.96. The zero-order chi connectivity index (χ0) is 19.0. The van der Waals surface area contributed by atoms with Gasteiger partial charge in [0, 0.05) is 34.3 Å². The third-order valence-corrected chi connectivity index (χ3v) is 3.65. The van der Waals surface area contributed by atoms with Crippen LogP contribution in [0.4, 0.5) is 0 Å². The summed E-state index contributed by atoms with van der Waals surface area (Å²) in [4.78, 5) is 34.1. The molecule has 0 amide bonds. The van der Waals surface area contributed by atoms with Crippen LogP contribution in [0, 0.1) is 17.2 Å². The average Bonchev–Trinajstić information content (AvgIpc) is 2.52. The van der Waals surface area contributed by atoms with Crippen molar-refractivity contribution in [2.45, 2.75) is 58.2 Å². The molecule has 0 aromatic rings. The molecule has 5 atom stereocenters. The van der Waals surface area contributed by atoms with Gasteiger partial charge in [0.05, 0.1) is 12.0 Å². The summed E-state index contributed by atoms with van der Waals surface area (Å²) < 4.78 is 26.6. The lowest BCUT2D eigenvalue weighted by atomic mass is 9.87. The molecular weight excluding hydrogens is 334 g/mol. The van der Waals surface area contributed by atoms with Crippen molar-refractivity contribution < 1.29 is 38.1 Å². The minimum atomic E-state index is -0.990. The van der Waals surface area contributed by atoms with Crippen molar-refractivity contribution in [3.05, 3.63) is 0 Å². The Bertz CT molecular complexity index is 529. The van der Waals surface area contributed by atoms with Crippen molar-refractivity contribution in [1.82, 2.24) is 0 Å². The molecule has 0 saturated carbocycles. The van der Waals surface area contributed by atoms with E-state index in [2.05, 4.69) is 0 Å². The van der Waals surface area contributed by atoms with E-state index in [1.165, 1.54) is 27.9 Å². The van der Waals surface area contributed by atoms with Crippen LogP contribution in [0.1, 0.15) is 33.6 Å². The van der Waals surface area contributed by atoms with E-state index < -0.39 is 48.4 Å². The first-order chi connectivity index (χ1) is 11.8. The van der Waals surface area contributed by atoms with E-state index in [1.807, 2.05) is 6.07 Å². The standard InChI is InChI=1S/C16H23NO8/c1-9(18)22-8-13-15(24-11(3)20)14(23-10(2)19)12(6-5-7-17)16(21-4)25-13/h12-16H,5-6,8H2,1-4H3/t12-,13-,14-,15+,16+/m1/s1. The van der Waals surface area contributed by atoms with E-state index in [4.69, 9.17) is 28.9 Å². The Kier molecular flexibility index (Phi) is 8.31. The number of carbonyl (C=O) groups is 3. The molecule has 0 unspecified atom stereocenters. The maximum absolute atomic E-state index is 11.5. The lowest BCUT2D eigenvalue weighted by molar-refractivity contribution is -0.286. The molecule has 0 aromatic carbocycles. The number of hydrogen-bond donors (Lipinski definition) is 0. The normalized spacial score (nSPS) is 28.5. The topological polar surface area (TPSA) is 121 Å². The van der Waals surface area contributed by atoms with E-state index in [9.17, 15) is 14.4 Å². The third-order valence-electron chi connectivity index (χ3n) is 3.65. The molecule has 25 heavy (non-hydrogen) atoms. The summed E-state index contributed by atoms with van der Waals surface area (Å²) in [7, 11) is 1.41. The number of methoxy groups -OCH3 is 1. The number of rotatable bonds is 7. The monoisotopic (exact) mass is 357 g/mol. The highest BCUT2D eigenvalue weighted by Crippen LogP contribution is 2.34. The van der Waals surface area contributed by atoms with Crippen molar-refractivity contribution in [3.63, 3.8) is 0 Å². The molecule has 9 nitrogen and oxygen atoms in total. The Morgan fingerprint density at radius 3 is 2.12 bits per heavy atom. The molecule has 0 bridgehead atoms. The zero-order valence-corrected chi connectivity index (χ0v) is 14.7. The predicted molar refractivity (Wildman–Crippen MR) is 81.7 cm³/mol. The Hall–Kier alpha value is -2.18. The first-order valence-electron chi connectivity index (χ1n) is 7.83. The van der Waals surface area contributed by atoms with E-state index in [0.717, 1.165) is 0 Å². The molecule has 1 heterocycles. The van der Waals surface area contributed by atoms with Gasteiger partial charge in [0.1, 0.15) is 18.8 Å². The molecule has 0 N–H and O–H groups in total. The van der Waals surface area contributed by atoms with Crippen molar-refractivity contribution in [3.8, 4) is 6.07 Å². The molecule has 0 spiro atoms. The first-order valence-corrected chi connectivity index (χ1v) is 7.83. The molecule has 1 fully saturated rings. The number of esters is 3. The summed E-state index contributed by atoms with van der Waals surface area (Å²) in [6.07, 6.45) is -3.09. The number of nitrogens with zero attached hydrogens (tertiary/aromatic N) is 1. The fourth-order valence-corrected chi connectivity index (χ4v) is 2.74. The van der Waals surface area contributed by atoms with Crippen molar-refractivity contribution in [1.29, 1.82) is 5.26 Å². The van der Waals surface area contributed by atoms with Crippen LogP contribution >= 0.6 is 0 Å². The van der Waals surface area contributed by atoms with Gasteiger partial charge in [0.2, 0.25) is 0 Å². The lowest BCUT2D eigenvalue weighted by Gasteiger charge is -2.44. The summed E-state index contributed by atoms with van der Waals surface area (Å²) in [6.45, 7) is 3.47. The summed E-state index contributed by atoms with van der Waals surface area (Å²) in [5.41, 5.74) is 0. The van der Waals surface area contributed by atoms with Crippen LogP contribution in [0.2, 0.25) is 0 Å². The smallest absolute Gasteiger partial charge is 0.303 e. The number of ether oxygens (including phenoxy) is 5. The van der Waals surface area contributed by atoms with Gasteiger partial charge in [-0.3, -0.25) is 14.4 Å². The van der Waals surface area contributed by atoms with Gasteiger partial charge >= 0.3 is 17.9 Å². The molecule has 1 aliphatic heterocycles. The quantitative estimate of drug-likeness (QED) is 0.479. The summed E-state index contributed by atoms with van der Waals surface area (Å²) in [5.74, 6) is -2.23. The molecule has 0 aliphatic carbocycles. The second-order valence-electron chi connectivity index (χ2n) is 5.59. The van der Waals surface area contributed by atoms with E-state index >= 15 is 0 Å². The molecule has 0 radical (unpaired) electrons. The maximum Gasteiger partial charge on any atom is 0.303 e. The molecule has 1 saturated heterocycles. The molecule has 1 rings (SSSR count). The van der Waals surface area contributed by atoms with Gasteiger partial charge in [-0.05, 0) is 6.42 Å². The van der Waals surface area contributed by atoms with Gasteiger partial charge in [0.25, 0.3) is 0 Å². The van der Waals surface area contributed by atoms with E-state index in [1.54, 1.807) is 0 Å². The fourth-order valence-electron chi connectivity index (χ4n) is 2.74. The van der Waals surface area contributed by atoms with E-state index in [0.29, 0.717) is 6.42 Å². The van der Waals surface area contributed by atoms with Gasteiger partial charge in [-0.1, -0.05) is 0 Å². The number of nitriles is 1. The van der Waals surface area contributed by atoms with Crippen molar-refractivity contribution >= 4 is 17.9 Å². The molecule has 1 aliphatic rings. The van der Waals surface area contributed by atoms with Crippen LogP contribution in [-0.4, -0.2) is 56.2 Å². The summed E-state index contributed by atoms with van der Waals surface area (Å²) in [6, 6.07) is 2.01. The summed E-state index contributed by atoms with van der Waals surface area (Å²) in [5, 5.41) is 8.85. The highest BCUT2D eigenvalue weighted by Gasteiger charge is 2.50. The number of carbonyl (C=O) groups excluding carboxylic acids is 3. The van der Waals surface area contributed by atoms with Crippen molar-refractivity contribution in [2.75, 3.05) is 13.7 Å². The van der Waals surface area contributed by atoms with Gasteiger partial charge < -0.3 is 23.7 Å². The zero-order valence-electron chi connectivity index (χ0n) is 14.7. The third kappa shape index (κ3) is 6.32. The van der Waals surface area contributed by atoms with Gasteiger partial charge in [-0.2, -0.15) is 5.26 Å².